The topological polar surface area (TPSA) is 67.8 Å². The van der Waals surface area contributed by atoms with Gasteiger partial charge in [0.2, 0.25) is 5.91 Å². The molecule has 27 heavy (non-hydrogen) atoms. The van der Waals surface area contributed by atoms with Crippen molar-refractivity contribution in [3.8, 4) is 10.7 Å². The minimum atomic E-state index is -0.157. The number of aromatic nitrogens is 3. The molecule has 0 fully saturated rings. The summed E-state index contributed by atoms with van der Waals surface area (Å²) in [6, 6.07) is 15.1. The maximum absolute atomic E-state index is 12.3. The zero-order valence-corrected chi connectivity index (χ0v) is 16.3. The molecule has 0 unspecified atom stereocenters. The van der Waals surface area contributed by atoms with E-state index in [0.717, 1.165) is 20.8 Å². The molecule has 0 spiro atoms. The van der Waals surface area contributed by atoms with Crippen molar-refractivity contribution in [3.05, 3.63) is 65.1 Å². The minimum Gasteiger partial charge on any atom is -0.310 e. The number of halogens is 1. The highest BCUT2D eigenvalue weighted by Gasteiger charge is 2.12. The van der Waals surface area contributed by atoms with Gasteiger partial charge in [-0.05, 0) is 29.6 Å². The van der Waals surface area contributed by atoms with Crippen molar-refractivity contribution in [3.63, 3.8) is 0 Å². The van der Waals surface area contributed by atoms with E-state index in [1.807, 2.05) is 41.8 Å². The van der Waals surface area contributed by atoms with Gasteiger partial charge in [0.05, 0.1) is 21.2 Å². The van der Waals surface area contributed by atoms with Gasteiger partial charge < -0.3 is 5.32 Å². The molecule has 0 radical (unpaired) electrons. The van der Waals surface area contributed by atoms with E-state index < -0.39 is 0 Å². The zero-order valence-electron chi connectivity index (χ0n) is 13.9. The molecule has 0 aliphatic heterocycles. The molecule has 8 heteroatoms. The lowest BCUT2D eigenvalue weighted by atomic mass is 10.2. The summed E-state index contributed by atoms with van der Waals surface area (Å²) < 4.78 is 0. The predicted octanol–water partition coefficient (Wildman–Crippen LogP) is 5.14. The highest BCUT2D eigenvalue weighted by atomic mass is 35.5. The van der Waals surface area contributed by atoms with E-state index in [1.165, 1.54) is 18.0 Å². The van der Waals surface area contributed by atoms with Crippen LogP contribution in [-0.2, 0) is 4.79 Å². The van der Waals surface area contributed by atoms with Crippen LogP contribution in [0.15, 0.2) is 65.1 Å². The molecule has 0 bridgehead atoms. The standard InChI is InChI=1S/C19H13ClN4OS2/c20-12-7-8-16(21-10-12)23-17(25)11-27-19-13-4-1-2-5-14(13)22-18(24-19)15-6-3-9-26-15/h1-10H,11H2,(H,21,23,25). The van der Waals surface area contributed by atoms with E-state index in [2.05, 4.69) is 20.3 Å². The van der Waals surface area contributed by atoms with Gasteiger partial charge in [-0.2, -0.15) is 0 Å². The maximum atomic E-state index is 12.3. The first kappa shape index (κ1) is 17.9. The number of hydrogen-bond acceptors (Lipinski definition) is 6. The van der Waals surface area contributed by atoms with E-state index in [-0.39, 0.29) is 11.7 Å². The second-order valence-corrected chi connectivity index (χ2v) is 7.89. The van der Waals surface area contributed by atoms with Crippen molar-refractivity contribution in [1.82, 2.24) is 15.0 Å². The van der Waals surface area contributed by atoms with Crippen LogP contribution in [0.2, 0.25) is 5.02 Å². The molecule has 134 valence electrons. The lowest BCUT2D eigenvalue weighted by molar-refractivity contribution is -0.113. The van der Waals surface area contributed by atoms with Gasteiger partial charge in [0, 0.05) is 11.6 Å². The Labute approximate surface area is 168 Å². The summed E-state index contributed by atoms with van der Waals surface area (Å²) in [7, 11) is 0. The molecule has 0 saturated heterocycles. The molecule has 5 nitrogen and oxygen atoms in total. The van der Waals surface area contributed by atoms with Crippen LogP contribution in [0.5, 0.6) is 0 Å². The van der Waals surface area contributed by atoms with Crippen molar-refractivity contribution in [2.24, 2.45) is 0 Å². The van der Waals surface area contributed by atoms with Gasteiger partial charge in [0.1, 0.15) is 10.8 Å². The van der Waals surface area contributed by atoms with E-state index in [0.29, 0.717) is 16.7 Å². The third-order valence-corrected chi connectivity index (χ3v) is 5.73. The van der Waals surface area contributed by atoms with Gasteiger partial charge in [-0.15, -0.1) is 11.3 Å². The zero-order chi connectivity index (χ0) is 18.6. The average molecular weight is 413 g/mol. The molecule has 0 aliphatic rings. The van der Waals surface area contributed by atoms with Gasteiger partial charge in [-0.3, -0.25) is 4.79 Å². The molecule has 1 aromatic carbocycles. The fourth-order valence-electron chi connectivity index (χ4n) is 2.44. The summed E-state index contributed by atoms with van der Waals surface area (Å²) in [5.41, 5.74) is 0.859. The molecular weight excluding hydrogens is 400 g/mol. The fourth-order valence-corrected chi connectivity index (χ4v) is 4.02. The van der Waals surface area contributed by atoms with Gasteiger partial charge >= 0.3 is 0 Å². The number of carbonyl (C=O) groups is 1. The van der Waals surface area contributed by atoms with Gasteiger partial charge in [-0.1, -0.05) is 47.6 Å². The summed E-state index contributed by atoms with van der Waals surface area (Å²) >= 11 is 8.78. The lowest BCUT2D eigenvalue weighted by Gasteiger charge is -2.08. The number of thiophene rings is 1. The third kappa shape index (κ3) is 4.27. The minimum absolute atomic E-state index is 0.157. The summed E-state index contributed by atoms with van der Waals surface area (Å²) in [4.78, 5) is 26.7. The number of rotatable bonds is 5. The van der Waals surface area contributed by atoms with Crippen molar-refractivity contribution in [2.75, 3.05) is 11.1 Å². The molecule has 3 aromatic heterocycles. The Morgan fingerprint density at radius 1 is 1.11 bits per heavy atom. The number of hydrogen-bond donors (Lipinski definition) is 1. The average Bonchev–Trinajstić information content (AvgIpc) is 3.22. The van der Waals surface area contributed by atoms with Crippen molar-refractivity contribution >= 4 is 57.3 Å². The van der Waals surface area contributed by atoms with Crippen LogP contribution in [0.1, 0.15) is 0 Å². The SMILES string of the molecule is O=C(CSc1nc(-c2cccs2)nc2ccccc12)Nc1ccc(Cl)cn1. The molecule has 3 heterocycles. The molecule has 4 aromatic rings. The normalized spacial score (nSPS) is 10.9. The molecule has 0 aliphatic carbocycles. The molecule has 4 rings (SSSR count). The summed E-state index contributed by atoms with van der Waals surface area (Å²) in [6.45, 7) is 0. The first-order chi connectivity index (χ1) is 13.2. The van der Waals surface area contributed by atoms with Crippen LogP contribution in [0, 0.1) is 0 Å². The summed E-state index contributed by atoms with van der Waals surface area (Å²) in [5, 5.41) is 6.99. The Morgan fingerprint density at radius 2 is 2.00 bits per heavy atom. The highest BCUT2D eigenvalue weighted by molar-refractivity contribution is 8.00. The van der Waals surface area contributed by atoms with Gasteiger partial charge in [0.25, 0.3) is 0 Å². The second-order valence-electron chi connectivity index (χ2n) is 5.55. The predicted molar refractivity (Wildman–Crippen MR) is 111 cm³/mol. The second kappa shape index (κ2) is 8.04. The third-order valence-electron chi connectivity index (χ3n) is 3.64. The Kier molecular flexibility index (Phi) is 5.33. The molecule has 0 atom stereocenters. The Hall–Kier alpha value is -2.48. The van der Waals surface area contributed by atoms with Crippen molar-refractivity contribution in [1.29, 1.82) is 0 Å². The fraction of sp³-hybridized carbons (Fsp3) is 0.0526. The van der Waals surface area contributed by atoms with Gasteiger partial charge in [-0.25, -0.2) is 15.0 Å². The number of anilines is 1. The number of nitrogens with zero attached hydrogens (tertiary/aromatic N) is 3. The Bertz CT molecular complexity index is 1080. The lowest BCUT2D eigenvalue weighted by Crippen LogP contribution is -2.15. The first-order valence-electron chi connectivity index (χ1n) is 8.04. The Balaban J connectivity index is 1.55. The number of benzene rings is 1. The van der Waals surface area contributed by atoms with E-state index in [9.17, 15) is 4.79 Å². The number of carbonyl (C=O) groups excluding carboxylic acids is 1. The molecule has 1 N–H and O–H groups in total. The van der Waals surface area contributed by atoms with Crippen LogP contribution in [-0.4, -0.2) is 26.6 Å². The monoisotopic (exact) mass is 412 g/mol. The summed E-state index contributed by atoms with van der Waals surface area (Å²) in [6.07, 6.45) is 1.50. The molecule has 1 amide bonds. The summed E-state index contributed by atoms with van der Waals surface area (Å²) in [5.74, 6) is 1.20. The molecule has 0 saturated carbocycles. The highest BCUT2D eigenvalue weighted by Crippen LogP contribution is 2.30. The van der Waals surface area contributed by atoms with Crippen molar-refractivity contribution in [2.45, 2.75) is 5.03 Å². The number of nitrogens with one attached hydrogen (secondary N) is 1. The van der Waals surface area contributed by atoms with E-state index >= 15 is 0 Å². The smallest absolute Gasteiger partial charge is 0.235 e. The van der Waals surface area contributed by atoms with Crippen LogP contribution in [0.4, 0.5) is 5.82 Å². The van der Waals surface area contributed by atoms with Crippen LogP contribution >= 0.6 is 34.7 Å². The van der Waals surface area contributed by atoms with Crippen LogP contribution < -0.4 is 5.32 Å². The number of thioether (sulfide) groups is 1. The quantitative estimate of drug-likeness (QED) is 0.363. The van der Waals surface area contributed by atoms with E-state index in [4.69, 9.17) is 11.6 Å². The van der Waals surface area contributed by atoms with Crippen molar-refractivity contribution < 1.29 is 4.79 Å². The Morgan fingerprint density at radius 3 is 2.78 bits per heavy atom. The number of amides is 1. The van der Waals surface area contributed by atoms with Crippen LogP contribution in [0.25, 0.3) is 21.6 Å². The number of para-hydroxylation sites is 1. The number of fused-ring (bicyclic) bond motifs is 1. The first-order valence-corrected chi connectivity index (χ1v) is 10.3. The maximum Gasteiger partial charge on any atom is 0.235 e. The molecular formula is C19H13ClN4OS2. The van der Waals surface area contributed by atoms with Crippen LogP contribution in [0.3, 0.4) is 0 Å². The van der Waals surface area contributed by atoms with E-state index in [1.54, 1.807) is 23.5 Å². The van der Waals surface area contributed by atoms with Gasteiger partial charge in [0.15, 0.2) is 5.82 Å². The number of pyridine rings is 1. The largest absolute Gasteiger partial charge is 0.310 e.